The van der Waals surface area contributed by atoms with Gasteiger partial charge in [0.05, 0.1) is 17.2 Å². The molecule has 4 aromatic rings. The molecule has 0 aliphatic carbocycles. The smallest absolute Gasteiger partial charge is 0.234 e. The van der Waals surface area contributed by atoms with Crippen LogP contribution in [0.2, 0.25) is 5.02 Å². The Hall–Kier alpha value is -2.81. The fourth-order valence-electron chi connectivity index (χ4n) is 2.88. The van der Waals surface area contributed by atoms with Gasteiger partial charge in [-0.15, -0.1) is 21.5 Å². The number of nitrogens with zero attached hydrogens (tertiary/aromatic N) is 3. The van der Waals surface area contributed by atoms with Gasteiger partial charge in [-0.2, -0.15) is 0 Å². The number of rotatable bonds is 8. The maximum absolute atomic E-state index is 12.5. The zero-order valence-corrected chi connectivity index (χ0v) is 19.0. The second-order valence-corrected chi connectivity index (χ2v) is 8.72. The summed E-state index contributed by atoms with van der Waals surface area (Å²) in [5.74, 6) is 1.57. The lowest BCUT2D eigenvalue weighted by Crippen LogP contribution is -2.14. The van der Waals surface area contributed by atoms with Crippen LogP contribution in [0.25, 0.3) is 16.4 Å². The van der Waals surface area contributed by atoms with Crippen molar-refractivity contribution in [1.29, 1.82) is 0 Å². The predicted octanol–water partition coefficient (Wildman–Crippen LogP) is 5.78. The molecule has 1 N–H and O–H groups in total. The Kier molecular flexibility index (Phi) is 6.91. The average Bonchev–Trinajstić information content (AvgIpc) is 3.44. The molecule has 1 amide bonds. The number of ether oxygens (including phenoxy) is 1. The lowest BCUT2D eigenvalue weighted by molar-refractivity contribution is -0.113. The van der Waals surface area contributed by atoms with Crippen LogP contribution in [-0.4, -0.2) is 33.0 Å². The quantitative estimate of drug-likeness (QED) is 0.330. The molecule has 0 aliphatic heterocycles. The minimum Gasteiger partial charge on any atom is -0.494 e. The third kappa shape index (κ3) is 5.28. The zero-order chi connectivity index (χ0) is 21.6. The van der Waals surface area contributed by atoms with Crippen molar-refractivity contribution in [3.8, 4) is 22.1 Å². The molecule has 2 heterocycles. The number of thioether (sulfide) groups is 1. The second-order valence-electron chi connectivity index (χ2n) is 6.39. The van der Waals surface area contributed by atoms with E-state index in [1.54, 1.807) is 11.3 Å². The van der Waals surface area contributed by atoms with Crippen molar-refractivity contribution in [3.05, 3.63) is 71.1 Å². The molecular weight excluding hydrogens is 452 g/mol. The van der Waals surface area contributed by atoms with Crippen LogP contribution in [0, 0.1) is 0 Å². The fourth-order valence-corrected chi connectivity index (χ4v) is 4.46. The van der Waals surface area contributed by atoms with Crippen LogP contribution in [-0.2, 0) is 4.79 Å². The molecule has 0 bridgehead atoms. The lowest BCUT2D eigenvalue weighted by atomic mass is 10.3. The van der Waals surface area contributed by atoms with E-state index in [1.807, 2.05) is 77.5 Å². The number of nitrogens with one attached hydrogen (secondary N) is 1. The normalized spacial score (nSPS) is 10.8. The van der Waals surface area contributed by atoms with Crippen molar-refractivity contribution in [1.82, 2.24) is 14.8 Å². The van der Waals surface area contributed by atoms with Crippen LogP contribution in [0.5, 0.6) is 5.75 Å². The first kappa shape index (κ1) is 21.4. The molecule has 0 fully saturated rings. The minimum atomic E-state index is -0.127. The second kappa shape index (κ2) is 10.00. The maximum Gasteiger partial charge on any atom is 0.234 e. The molecule has 0 saturated carbocycles. The number of carbonyl (C=O) groups is 1. The van der Waals surface area contributed by atoms with Gasteiger partial charge in [0.15, 0.2) is 11.0 Å². The van der Waals surface area contributed by atoms with Crippen molar-refractivity contribution in [2.75, 3.05) is 17.7 Å². The number of amides is 1. The third-order valence-electron chi connectivity index (χ3n) is 4.24. The number of anilines is 1. The van der Waals surface area contributed by atoms with Gasteiger partial charge < -0.3 is 10.1 Å². The van der Waals surface area contributed by atoms with E-state index in [4.69, 9.17) is 16.3 Å². The number of benzene rings is 2. The first-order valence-electron chi connectivity index (χ1n) is 9.55. The molecular formula is C22H19ClN4O2S2. The van der Waals surface area contributed by atoms with Crippen LogP contribution in [0.3, 0.4) is 0 Å². The largest absolute Gasteiger partial charge is 0.494 e. The Morgan fingerprint density at radius 2 is 1.90 bits per heavy atom. The summed E-state index contributed by atoms with van der Waals surface area (Å²) in [4.78, 5) is 13.5. The zero-order valence-electron chi connectivity index (χ0n) is 16.6. The number of hydrogen-bond acceptors (Lipinski definition) is 6. The highest BCUT2D eigenvalue weighted by Crippen LogP contribution is 2.31. The van der Waals surface area contributed by atoms with E-state index in [0.717, 1.165) is 22.1 Å². The number of halogens is 1. The molecule has 0 unspecified atom stereocenters. The number of carbonyl (C=O) groups excluding carboxylic acids is 1. The van der Waals surface area contributed by atoms with E-state index in [0.29, 0.717) is 22.5 Å². The summed E-state index contributed by atoms with van der Waals surface area (Å²) in [6.45, 7) is 2.53. The van der Waals surface area contributed by atoms with E-state index in [1.165, 1.54) is 11.8 Å². The highest BCUT2D eigenvalue weighted by atomic mass is 35.5. The van der Waals surface area contributed by atoms with E-state index in [-0.39, 0.29) is 11.7 Å². The Labute approximate surface area is 193 Å². The molecule has 31 heavy (non-hydrogen) atoms. The van der Waals surface area contributed by atoms with Crippen LogP contribution >= 0.6 is 34.7 Å². The first-order valence-corrected chi connectivity index (χ1v) is 11.8. The predicted molar refractivity (Wildman–Crippen MR) is 127 cm³/mol. The summed E-state index contributed by atoms with van der Waals surface area (Å²) in [6.07, 6.45) is 0. The van der Waals surface area contributed by atoms with Crippen molar-refractivity contribution < 1.29 is 9.53 Å². The Morgan fingerprint density at radius 1 is 1.13 bits per heavy atom. The van der Waals surface area contributed by atoms with Crippen LogP contribution in [0.15, 0.2) is 71.2 Å². The summed E-state index contributed by atoms with van der Waals surface area (Å²) in [7, 11) is 0. The topological polar surface area (TPSA) is 69.0 Å². The van der Waals surface area contributed by atoms with Crippen molar-refractivity contribution in [2.24, 2.45) is 0 Å². The monoisotopic (exact) mass is 470 g/mol. The van der Waals surface area contributed by atoms with Crippen molar-refractivity contribution >= 4 is 46.3 Å². The van der Waals surface area contributed by atoms with E-state index in [9.17, 15) is 4.79 Å². The van der Waals surface area contributed by atoms with Crippen molar-refractivity contribution in [3.63, 3.8) is 0 Å². The van der Waals surface area contributed by atoms with E-state index >= 15 is 0 Å². The fraction of sp³-hybridized carbons (Fsp3) is 0.136. The Morgan fingerprint density at radius 3 is 2.58 bits per heavy atom. The molecule has 0 radical (unpaired) electrons. The molecule has 2 aromatic carbocycles. The van der Waals surface area contributed by atoms with Gasteiger partial charge in [-0.25, -0.2) is 0 Å². The van der Waals surface area contributed by atoms with E-state index < -0.39 is 0 Å². The number of thiophene rings is 1. The molecule has 6 nitrogen and oxygen atoms in total. The van der Waals surface area contributed by atoms with Gasteiger partial charge in [0, 0.05) is 16.4 Å². The average molecular weight is 471 g/mol. The van der Waals surface area contributed by atoms with Gasteiger partial charge in [-0.1, -0.05) is 29.4 Å². The maximum atomic E-state index is 12.5. The summed E-state index contributed by atoms with van der Waals surface area (Å²) < 4.78 is 7.37. The van der Waals surface area contributed by atoms with Gasteiger partial charge in [-0.3, -0.25) is 9.36 Å². The van der Waals surface area contributed by atoms with Crippen LogP contribution in [0.4, 0.5) is 5.69 Å². The molecule has 0 saturated heterocycles. The van der Waals surface area contributed by atoms with Crippen LogP contribution < -0.4 is 10.1 Å². The minimum absolute atomic E-state index is 0.127. The molecule has 2 aromatic heterocycles. The highest BCUT2D eigenvalue weighted by Gasteiger charge is 2.18. The van der Waals surface area contributed by atoms with Gasteiger partial charge in [0.2, 0.25) is 5.91 Å². The van der Waals surface area contributed by atoms with Gasteiger partial charge >= 0.3 is 0 Å². The van der Waals surface area contributed by atoms with Gasteiger partial charge in [0.25, 0.3) is 0 Å². The van der Waals surface area contributed by atoms with E-state index in [2.05, 4.69) is 15.5 Å². The molecule has 0 atom stereocenters. The van der Waals surface area contributed by atoms with Gasteiger partial charge in [0.1, 0.15) is 5.75 Å². The molecule has 4 rings (SSSR count). The number of hydrogen-bond donors (Lipinski definition) is 1. The van der Waals surface area contributed by atoms with Gasteiger partial charge in [-0.05, 0) is 66.9 Å². The summed E-state index contributed by atoms with van der Waals surface area (Å²) in [5.41, 5.74) is 1.60. The molecule has 9 heteroatoms. The Balaban J connectivity index is 1.50. The summed E-state index contributed by atoms with van der Waals surface area (Å²) in [6, 6.07) is 18.7. The molecule has 0 aliphatic rings. The number of aromatic nitrogens is 3. The highest BCUT2D eigenvalue weighted by molar-refractivity contribution is 7.99. The molecule has 0 spiro atoms. The first-order chi connectivity index (χ1) is 15.1. The SMILES string of the molecule is CCOc1ccc(NC(=O)CSc2nnc(-c3cccs3)n2-c2ccc(Cl)cc2)cc1. The molecule has 158 valence electrons. The van der Waals surface area contributed by atoms with Crippen LogP contribution in [0.1, 0.15) is 6.92 Å². The standard InChI is InChI=1S/C22H19ClN4O2S2/c1-2-29-18-11-7-16(8-12-18)24-20(28)14-31-22-26-25-21(19-4-3-13-30-19)27(22)17-9-5-15(23)6-10-17/h3-13H,2,14H2,1H3,(H,24,28). The van der Waals surface area contributed by atoms with Crippen molar-refractivity contribution in [2.45, 2.75) is 12.1 Å². The summed E-state index contributed by atoms with van der Waals surface area (Å²) >= 11 is 8.97. The lowest BCUT2D eigenvalue weighted by Gasteiger charge is -2.10. The third-order valence-corrected chi connectivity index (χ3v) is 6.29. The summed E-state index contributed by atoms with van der Waals surface area (Å²) in [5, 5.41) is 14.9. The Bertz CT molecular complexity index is 1140.